The molecule has 0 saturated carbocycles. The van der Waals surface area contributed by atoms with Crippen molar-refractivity contribution in [2.24, 2.45) is 29.4 Å². The van der Waals surface area contributed by atoms with Gasteiger partial charge in [-0.3, -0.25) is 43.3 Å². The van der Waals surface area contributed by atoms with E-state index in [-0.39, 0.29) is 104 Å². The second-order valence-corrected chi connectivity index (χ2v) is 25.1. The van der Waals surface area contributed by atoms with Crippen LogP contribution >= 0.6 is 11.6 Å². The number of urea groups is 1. The number of imide groups is 1. The number of anilines is 1. The topological polar surface area (TPSA) is 309 Å². The predicted octanol–water partition coefficient (Wildman–Crippen LogP) is 6.32. The molecule has 0 aromatic heterocycles. The molecule has 4 aliphatic rings. The zero-order valence-electron chi connectivity index (χ0n) is 53.3. The number of nitrogens with one attached hydrogen (secondary N) is 2. The molecule has 3 saturated heterocycles. The molecule has 23 nitrogen and oxygen atoms in total. The summed E-state index contributed by atoms with van der Waals surface area (Å²) in [5.74, 6) is -5.80. The summed E-state index contributed by atoms with van der Waals surface area (Å²) >= 11 is 6.87. The maximum Gasteiger partial charge on any atom is 0.328 e. The Kier molecular flexibility index (Phi) is 24.7. The first-order chi connectivity index (χ1) is 42.0. The Morgan fingerprint density at radius 1 is 0.944 bits per heavy atom. The first kappa shape index (κ1) is 70.9. The summed E-state index contributed by atoms with van der Waals surface area (Å²) < 4.78 is 35.5. The highest BCUT2D eigenvalue weighted by Gasteiger charge is 2.64. The maximum absolute atomic E-state index is 14.6. The van der Waals surface area contributed by atoms with Gasteiger partial charge in [0.15, 0.2) is 5.78 Å². The highest BCUT2D eigenvalue weighted by molar-refractivity contribution is 6.35. The number of methoxy groups -OCH3 is 3. The van der Waals surface area contributed by atoms with Crippen molar-refractivity contribution in [3.63, 3.8) is 0 Å². The van der Waals surface area contributed by atoms with Crippen LogP contribution in [0.4, 0.5) is 10.5 Å². The Balaban J connectivity index is 1.17. The molecule has 11 atom stereocenters. The molecule has 4 aliphatic heterocycles. The van der Waals surface area contributed by atoms with Gasteiger partial charge < -0.3 is 59.7 Å². The van der Waals surface area contributed by atoms with Gasteiger partial charge in [0.2, 0.25) is 23.6 Å². The Bertz CT molecular complexity index is 3060. The number of benzene rings is 2. The molecule has 0 spiro atoms. The number of ketones is 2. The van der Waals surface area contributed by atoms with E-state index in [1.165, 1.54) is 64.3 Å². The van der Waals surface area contributed by atoms with Crippen LogP contribution in [0.2, 0.25) is 5.02 Å². The van der Waals surface area contributed by atoms with Gasteiger partial charge in [0.25, 0.3) is 5.91 Å². The third-order valence-electron chi connectivity index (χ3n) is 17.7. The lowest BCUT2D eigenvalue weighted by atomic mass is 9.78. The monoisotopic (exact) mass is 1260 g/mol. The molecule has 4 bridgehead atoms. The molecule has 6 rings (SSSR count). The van der Waals surface area contributed by atoms with Crippen molar-refractivity contribution in [3.05, 3.63) is 75.8 Å². The molecule has 24 heteroatoms. The van der Waals surface area contributed by atoms with Crippen LogP contribution in [-0.2, 0) is 70.1 Å². The molecule has 0 aliphatic carbocycles. The molecular weight excluding hydrogens is 1170 g/mol. The number of halogens is 1. The number of esters is 2. The number of nitrogens with two attached hydrogens (primary N) is 1. The lowest BCUT2D eigenvalue weighted by Crippen LogP contribution is -2.53. The van der Waals surface area contributed by atoms with E-state index < -0.39 is 107 Å². The number of epoxide rings is 1. The molecule has 7 amide bonds. The SMILES string of the molecule is COc1cc(CC(=O)[C@H](CCCNC(N)=O)NC(=O)[C@@H](CC(=O)CCCCCN2C(=O)CC(C)C2=O)C(C)C)ccc1C(=O)N(C)[C@@H](C)C(=O)O[C@H]1CC(=O)N(C)c2cc(cc(OC)c2Cl)C/C(C)=C/C=C/[C@@H](OC)[C@]2(O)CC(=O)O[C@@H](C2)[C@@H](C)[C@@H]2O[C@@]12C. The van der Waals surface area contributed by atoms with Gasteiger partial charge in [-0.05, 0) is 94.2 Å². The van der Waals surface area contributed by atoms with Crippen molar-refractivity contribution >= 4 is 76.4 Å². The number of likely N-dealkylation sites (N-methyl/N-ethyl adjacent to an activating group) is 1. The number of fused-ring (bicyclic) bond motifs is 5. The average molecular weight is 1260 g/mol. The second kappa shape index (κ2) is 31.0. The number of nitrogens with zero attached hydrogens (tertiary/aromatic N) is 3. The number of likely N-dealkylation sites (tertiary alicyclic amines) is 1. The van der Waals surface area contributed by atoms with Gasteiger partial charge in [-0.2, -0.15) is 0 Å². The molecule has 89 heavy (non-hydrogen) atoms. The van der Waals surface area contributed by atoms with Crippen LogP contribution < -0.4 is 30.7 Å². The van der Waals surface area contributed by atoms with E-state index in [9.17, 15) is 53.1 Å². The summed E-state index contributed by atoms with van der Waals surface area (Å²) in [5, 5.41) is 17.6. The zero-order chi connectivity index (χ0) is 65.8. The Morgan fingerprint density at radius 3 is 2.29 bits per heavy atom. The second-order valence-electron chi connectivity index (χ2n) is 24.7. The molecule has 5 N–H and O–H groups in total. The predicted molar refractivity (Wildman–Crippen MR) is 329 cm³/mol. The first-order valence-electron chi connectivity index (χ1n) is 30.4. The Hall–Kier alpha value is -7.21. The molecule has 3 fully saturated rings. The van der Waals surface area contributed by atoms with Crippen molar-refractivity contribution in [3.8, 4) is 11.5 Å². The van der Waals surface area contributed by atoms with Gasteiger partial charge >= 0.3 is 18.0 Å². The average Bonchev–Trinajstić information content (AvgIpc) is 1.61. The summed E-state index contributed by atoms with van der Waals surface area (Å²) in [4.78, 5) is 138. The standard InChI is InChI=1S/C65H89ClN6O17/c1-36(2)45(32-43(73)19-14-13-15-25-72-55(76)27-38(4)60(72)79)59(78)69-46(20-17-24-68-63(67)82)48(74)29-41-22-23-44(49(30-41)84-10)61(80)70(8)40(6)62(81)88-53-33-54(75)71(9)47-28-42(31-50(85-11)57(47)66)26-37(3)18-16-21-52(86-12)65(83)34-51(87-56(77)35-65)39(5)58-64(53,7)89-58/h16,18,21-23,28,30-31,36,38-40,45-46,51-53,58,83H,13-15,17,19-20,24-27,29,32-35H2,1-12H3,(H,69,78)(H3,67,68,82)/b21-16+,37-18+/t38?,39-,40+,45+,46+,51+,52-,53+,58+,64+,65-/m1/s1. The molecule has 1 unspecified atom stereocenters. The van der Waals surface area contributed by atoms with Gasteiger partial charge in [-0.25, -0.2) is 9.59 Å². The summed E-state index contributed by atoms with van der Waals surface area (Å²) in [6.07, 6.45) is 3.14. The van der Waals surface area contributed by atoms with E-state index in [0.717, 1.165) is 16.0 Å². The number of unbranched alkanes of at least 4 members (excludes halogenated alkanes) is 2. The number of hydrogen-bond acceptors (Lipinski definition) is 17. The van der Waals surface area contributed by atoms with Crippen molar-refractivity contribution in [1.29, 1.82) is 0 Å². The molecule has 0 radical (unpaired) electrons. The van der Waals surface area contributed by atoms with Crippen LogP contribution in [-0.4, -0.2) is 170 Å². The van der Waals surface area contributed by atoms with E-state index in [4.69, 9.17) is 45.8 Å². The lowest BCUT2D eigenvalue weighted by Gasteiger charge is -2.41. The quantitative estimate of drug-likeness (QED) is 0.0366. The van der Waals surface area contributed by atoms with Crippen LogP contribution in [0.1, 0.15) is 141 Å². The third kappa shape index (κ3) is 17.8. The smallest absolute Gasteiger partial charge is 0.328 e. The summed E-state index contributed by atoms with van der Waals surface area (Å²) in [5.41, 5.74) is 4.65. The van der Waals surface area contributed by atoms with Crippen LogP contribution in [0.3, 0.4) is 0 Å². The number of rotatable bonds is 25. The van der Waals surface area contributed by atoms with Crippen molar-refractivity contribution in [2.75, 3.05) is 53.4 Å². The van der Waals surface area contributed by atoms with Crippen LogP contribution in [0.15, 0.2) is 54.1 Å². The number of aliphatic hydroxyl groups is 1. The number of primary amides is 1. The molecule has 4 heterocycles. The number of hydrogen-bond donors (Lipinski definition) is 4. The number of Topliss-reactive ketones (excluding diaryl/α,β-unsaturated/α-hetero) is 2. The van der Waals surface area contributed by atoms with E-state index in [2.05, 4.69) is 10.6 Å². The fourth-order valence-electron chi connectivity index (χ4n) is 11.9. The molecular formula is C65H89ClN6O17. The summed E-state index contributed by atoms with van der Waals surface area (Å²) in [6, 6.07) is 4.90. The van der Waals surface area contributed by atoms with Gasteiger partial charge in [-0.1, -0.05) is 75.6 Å². The number of ether oxygens (including phenoxy) is 6. The zero-order valence-corrected chi connectivity index (χ0v) is 54.0. The van der Waals surface area contributed by atoms with E-state index in [0.29, 0.717) is 49.2 Å². The minimum absolute atomic E-state index is 0.0209. The third-order valence-corrected chi connectivity index (χ3v) is 18.0. The Labute approximate surface area is 526 Å². The van der Waals surface area contributed by atoms with Gasteiger partial charge in [0.05, 0.1) is 50.5 Å². The number of carbonyl (C=O) groups is 10. The molecule has 488 valence electrons. The van der Waals surface area contributed by atoms with E-state index in [1.807, 2.05) is 13.0 Å². The van der Waals surface area contributed by atoms with Crippen molar-refractivity contribution in [2.45, 2.75) is 180 Å². The van der Waals surface area contributed by atoms with E-state index >= 15 is 0 Å². The normalized spacial score (nSPS) is 25.8. The van der Waals surface area contributed by atoms with Crippen LogP contribution in [0.5, 0.6) is 11.5 Å². The van der Waals surface area contributed by atoms with Crippen LogP contribution in [0, 0.1) is 23.7 Å². The van der Waals surface area contributed by atoms with Gasteiger partial charge in [-0.15, -0.1) is 0 Å². The summed E-state index contributed by atoms with van der Waals surface area (Å²) in [6.45, 7) is 12.5. The number of amides is 7. The molecule has 2 aromatic rings. The number of carbonyl (C=O) groups excluding carboxylic acids is 10. The van der Waals surface area contributed by atoms with Gasteiger partial charge in [0.1, 0.15) is 57.9 Å². The minimum Gasteiger partial charge on any atom is -0.496 e. The lowest BCUT2D eigenvalue weighted by molar-refractivity contribution is -0.187. The van der Waals surface area contributed by atoms with Crippen molar-refractivity contribution < 1.29 is 81.5 Å². The highest BCUT2D eigenvalue weighted by atomic mass is 35.5. The van der Waals surface area contributed by atoms with Gasteiger partial charge in [0, 0.05) is 84.2 Å². The number of allylic oxidation sites excluding steroid dienone is 3. The summed E-state index contributed by atoms with van der Waals surface area (Å²) in [7, 11) is 7.15. The minimum atomic E-state index is -1.67. The Morgan fingerprint density at radius 2 is 1.65 bits per heavy atom. The highest BCUT2D eigenvalue weighted by Crippen LogP contribution is 2.50. The fraction of sp³-hybridized carbons (Fsp3) is 0.600. The van der Waals surface area contributed by atoms with E-state index in [1.54, 1.807) is 65.0 Å². The maximum atomic E-state index is 14.6. The largest absolute Gasteiger partial charge is 0.496 e. The van der Waals surface area contributed by atoms with Crippen molar-refractivity contribution in [1.82, 2.24) is 20.4 Å². The fourth-order valence-corrected chi connectivity index (χ4v) is 12.2. The molecule has 2 aromatic carbocycles. The first-order valence-corrected chi connectivity index (χ1v) is 30.8. The van der Waals surface area contributed by atoms with Crippen LogP contribution in [0.25, 0.3) is 0 Å².